The van der Waals surface area contributed by atoms with Gasteiger partial charge in [-0.25, -0.2) is 4.79 Å². The topological polar surface area (TPSA) is 127 Å². The summed E-state index contributed by atoms with van der Waals surface area (Å²) in [5, 5.41) is 30.4. The van der Waals surface area contributed by atoms with Crippen LogP contribution in [-0.4, -0.2) is 23.0 Å². The molecule has 0 saturated carbocycles. The molecular formula is C19H18O7-2. The number of ether oxygens (including phenoxy) is 1. The molecule has 0 aliphatic rings. The fourth-order valence-electron chi connectivity index (χ4n) is 2.16. The number of aromatic carboxylic acids is 2. The van der Waals surface area contributed by atoms with Gasteiger partial charge in [0.2, 0.25) is 0 Å². The van der Waals surface area contributed by atoms with Gasteiger partial charge in [0, 0.05) is 12.5 Å². The maximum Gasteiger partial charge on any atom is 0.335 e. The minimum absolute atomic E-state index is 0.0168. The molecule has 1 N–H and O–H groups in total. The van der Waals surface area contributed by atoms with Crippen molar-refractivity contribution in [2.45, 2.75) is 27.7 Å². The number of benzene rings is 2. The van der Waals surface area contributed by atoms with E-state index in [0.717, 1.165) is 11.1 Å². The number of aryl methyl sites for hydroxylation is 3. The first-order valence-corrected chi connectivity index (χ1v) is 7.55. The fraction of sp³-hybridized carbons (Fsp3) is 0.211. The Balaban J connectivity index is 0.000000263. The first kappa shape index (κ1) is 20.7. The molecule has 138 valence electrons. The normalized spacial score (nSPS) is 9.69. The Morgan fingerprint density at radius 1 is 0.962 bits per heavy atom. The predicted molar refractivity (Wildman–Crippen MR) is 89.1 cm³/mol. The van der Waals surface area contributed by atoms with Crippen molar-refractivity contribution in [2.75, 3.05) is 0 Å². The van der Waals surface area contributed by atoms with Crippen LogP contribution in [0, 0.1) is 20.8 Å². The SMILES string of the molecule is CC(=O)Oc1ccc(C)cc1C(=O)[O-].Cc1cc(C)c([O-])c(C(=O)O)c1. The Morgan fingerprint density at radius 3 is 2.04 bits per heavy atom. The summed E-state index contributed by atoms with van der Waals surface area (Å²) in [7, 11) is 0. The minimum atomic E-state index is -1.36. The highest BCUT2D eigenvalue weighted by Gasteiger charge is 2.07. The molecule has 2 aromatic rings. The Morgan fingerprint density at radius 2 is 1.54 bits per heavy atom. The molecule has 0 radical (unpaired) electrons. The van der Waals surface area contributed by atoms with Gasteiger partial charge < -0.3 is 24.9 Å². The number of carbonyl (C=O) groups excluding carboxylic acids is 2. The van der Waals surface area contributed by atoms with Gasteiger partial charge in [0.25, 0.3) is 0 Å². The third kappa shape index (κ3) is 5.62. The quantitative estimate of drug-likeness (QED) is 0.648. The molecule has 0 bridgehead atoms. The maximum absolute atomic E-state index is 11.2. The van der Waals surface area contributed by atoms with E-state index >= 15 is 0 Å². The fourth-order valence-corrected chi connectivity index (χ4v) is 2.16. The zero-order chi connectivity index (χ0) is 20.0. The number of carboxylic acid groups (broad SMARTS) is 2. The summed E-state index contributed by atoms with van der Waals surface area (Å²) in [6.07, 6.45) is 0. The molecule has 0 atom stereocenters. The van der Waals surface area contributed by atoms with Gasteiger partial charge in [0.15, 0.2) is 0 Å². The molecule has 0 aliphatic heterocycles. The van der Waals surface area contributed by atoms with Crippen LogP contribution in [0.15, 0.2) is 30.3 Å². The summed E-state index contributed by atoms with van der Waals surface area (Å²) in [4.78, 5) is 31.8. The third-order valence-corrected chi connectivity index (χ3v) is 3.26. The smallest absolute Gasteiger partial charge is 0.335 e. The zero-order valence-electron chi connectivity index (χ0n) is 14.8. The summed E-state index contributed by atoms with van der Waals surface area (Å²) >= 11 is 0. The molecule has 0 aliphatic carbocycles. The number of carbonyl (C=O) groups is 3. The third-order valence-electron chi connectivity index (χ3n) is 3.26. The van der Waals surface area contributed by atoms with Gasteiger partial charge >= 0.3 is 11.9 Å². The van der Waals surface area contributed by atoms with Crippen LogP contribution < -0.4 is 14.9 Å². The van der Waals surface area contributed by atoms with Crippen LogP contribution in [0.5, 0.6) is 11.5 Å². The van der Waals surface area contributed by atoms with Gasteiger partial charge in [-0.1, -0.05) is 34.6 Å². The van der Waals surface area contributed by atoms with E-state index in [2.05, 4.69) is 0 Å². The summed E-state index contributed by atoms with van der Waals surface area (Å²) < 4.78 is 4.70. The van der Waals surface area contributed by atoms with Crippen LogP contribution in [-0.2, 0) is 4.79 Å². The van der Waals surface area contributed by atoms with E-state index in [1.165, 1.54) is 25.1 Å². The van der Waals surface area contributed by atoms with Gasteiger partial charge in [-0.15, -0.1) is 0 Å². The van der Waals surface area contributed by atoms with Crippen molar-refractivity contribution in [2.24, 2.45) is 0 Å². The predicted octanol–water partition coefficient (Wildman–Crippen LogP) is 1.36. The largest absolute Gasteiger partial charge is 0.872 e. The Bertz CT molecular complexity index is 853. The molecular weight excluding hydrogens is 340 g/mol. The monoisotopic (exact) mass is 358 g/mol. The van der Waals surface area contributed by atoms with E-state index in [4.69, 9.17) is 9.84 Å². The van der Waals surface area contributed by atoms with Crippen molar-refractivity contribution in [3.8, 4) is 11.5 Å². The second-order valence-corrected chi connectivity index (χ2v) is 5.64. The van der Waals surface area contributed by atoms with Crippen molar-refractivity contribution < 1.29 is 34.4 Å². The van der Waals surface area contributed by atoms with E-state index in [9.17, 15) is 24.6 Å². The molecule has 7 nitrogen and oxygen atoms in total. The number of rotatable bonds is 3. The first-order valence-electron chi connectivity index (χ1n) is 7.55. The second kappa shape index (κ2) is 8.66. The minimum Gasteiger partial charge on any atom is -0.872 e. The van der Waals surface area contributed by atoms with E-state index in [-0.39, 0.29) is 16.9 Å². The van der Waals surface area contributed by atoms with E-state index in [1.54, 1.807) is 32.9 Å². The molecule has 0 fully saturated rings. The average molecular weight is 358 g/mol. The van der Waals surface area contributed by atoms with Gasteiger partial charge in [-0.2, -0.15) is 0 Å². The molecule has 2 aromatic carbocycles. The maximum atomic E-state index is 11.2. The van der Waals surface area contributed by atoms with E-state index < -0.39 is 23.7 Å². The summed E-state index contributed by atoms with van der Waals surface area (Å²) in [6, 6.07) is 7.55. The van der Waals surface area contributed by atoms with E-state index in [0.29, 0.717) is 5.56 Å². The Kier molecular flexibility index (Phi) is 6.89. The average Bonchev–Trinajstić information content (AvgIpc) is 2.52. The molecule has 26 heavy (non-hydrogen) atoms. The van der Waals surface area contributed by atoms with Crippen LogP contribution in [0.2, 0.25) is 0 Å². The van der Waals surface area contributed by atoms with Crippen LogP contribution in [0.25, 0.3) is 0 Å². The summed E-state index contributed by atoms with van der Waals surface area (Å²) in [5.41, 5.74) is 1.78. The molecule has 7 heteroatoms. The molecule has 0 amide bonds. The van der Waals surface area contributed by atoms with Crippen LogP contribution in [0.4, 0.5) is 0 Å². The number of hydrogen-bond acceptors (Lipinski definition) is 6. The molecule has 0 heterocycles. The number of carboxylic acids is 2. The lowest BCUT2D eigenvalue weighted by atomic mass is 10.1. The van der Waals surface area contributed by atoms with Crippen LogP contribution in [0.1, 0.15) is 44.3 Å². The van der Waals surface area contributed by atoms with Gasteiger partial charge in [0.1, 0.15) is 5.75 Å². The standard InChI is InChI=1S/C10H10O4.C9H10O3/c1-6-3-4-9(14-7(2)11)8(5-6)10(12)13;1-5-3-6(2)8(10)7(4-5)9(11)12/h3-5H,1-2H3,(H,12,13);3-4,10H,1-2H3,(H,11,12)/p-2. The van der Waals surface area contributed by atoms with Crippen molar-refractivity contribution >= 4 is 17.9 Å². The number of esters is 1. The van der Waals surface area contributed by atoms with Crippen molar-refractivity contribution in [3.63, 3.8) is 0 Å². The highest BCUT2D eigenvalue weighted by molar-refractivity contribution is 5.91. The van der Waals surface area contributed by atoms with Crippen LogP contribution in [0.3, 0.4) is 0 Å². The molecule has 2 rings (SSSR count). The van der Waals surface area contributed by atoms with Crippen molar-refractivity contribution in [3.05, 3.63) is 58.1 Å². The number of hydrogen-bond donors (Lipinski definition) is 1. The van der Waals surface area contributed by atoms with Crippen LogP contribution >= 0.6 is 0 Å². The lowest BCUT2D eigenvalue weighted by molar-refractivity contribution is -0.269. The van der Waals surface area contributed by atoms with Gasteiger partial charge in [-0.05, 0) is 39.0 Å². The highest BCUT2D eigenvalue weighted by atomic mass is 16.5. The van der Waals surface area contributed by atoms with Crippen molar-refractivity contribution in [1.82, 2.24) is 0 Å². The zero-order valence-corrected chi connectivity index (χ0v) is 14.8. The van der Waals surface area contributed by atoms with Gasteiger partial charge in [0.05, 0.1) is 11.5 Å². The lowest BCUT2D eigenvalue weighted by Gasteiger charge is -2.14. The second-order valence-electron chi connectivity index (χ2n) is 5.64. The highest BCUT2D eigenvalue weighted by Crippen LogP contribution is 2.20. The van der Waals surface area contributed by atoms with Crippen molar-refractivity contribution in [1.29, 1.82) is 0 Å². The lowest BCUT2D eigenvalue weighted by Crippen LogP contribution is -2.23. The summed E-state index contributed by atoms with van der Waals surface area (Å²) in [6.45, 7) is 6.32. The first-order chi connectivity index (χ1) is 12.0. The summed E-state index contributed by atoms with van der Waals surface area (Å²) in [5.74, 6) is -3.45. The molecule has 0 unspecified atom stereocenters. The molecule has 0 aromatic heterocycles. The molecule has 0 spiro atoms. The Hall–Kier alpha value is -3.35. The Labute approximate surface area is 150 Å². The van der Waals surface area contributed by atoms with Gasteiger partial charge in [-0.3, -0.25) is 4.79 Å². The molecule has 0 saturated heterocycles. The van der Waals surface area contributed by atoms with E-state index in [1.807, 2.05) is 0 Å².